The summed E-state index contributed by atoms with van der Waals surface area (Å²) in [5.41, 5.74) is -0.622. The third kappa shape index (κ3) is 5.89. The topological polar surface area (TPSA) is 103 Å². The van der Waals surface area contributed by atoms with Gasteiger partial charge in [-0.2, -0.15) is 18.4 Å². The van der Waals surface area contributed by atoms with E-state index < -0.39 is 33.5 Å². The Labute approximate surface area is 196 Å². The van der Waals surface area contributed by atoms with Gasteiger partial charge >= 0.3 is 6.18 Å². The number of aromatic nitrogens is 1. The summed E-state index contributed by atoms with van der Waals surface area (Å²) >= 11 is 1.01. The predicted molar refractivity (Wildman–Crippen MR) is 118 cm³/mol. The summed E-state index contributed by atoms with van der Waals surface area (Å²) in [5.74, 6) is -2.04. The summed E-state index contributed by atoms with van der Waals surface area (Å²) < 4.78 is 77.9. The van der Waals surface area contributed by atoms with Crippen molar-refractivity contribution < 1.29 is 30.8 Å². The number of nitrogens with zero attached hydrogens (tertiary/aromatic N) is 3. The second-order valence-corrected chi connectivity index (χ2v) is 10.1. The van der Waals surface area contributed by atoms with Gasteiger partial charge in [0.15, 0.2) is 5.13 Å². The number of hydrogen-bond acceptors (Lipinski definition) is 7. The zero-order chi connectivity index (χ0) is 25.3. The Morgan fingerprint density at radius 1 is 1.21 bits per heavy atom. The summed E-state index contributed by atoms with van der Waals surface area (Å²) in [5, 5.41) is 9.20. The highest BCUT2D eigenvalue weighted by Gasteiger charge is 2.31. The number of carbonyl (C=O) groups is 1. The molecule has 0 spiro atoms. The number of aryl methyl sites for hydroxylation is 1. The molecule has 0 radical (unpaired) electrons. The zero-order valence-corrected chi connectivity index (χ0v) is 19.3. The van der Waals surface area contributed by atoms with E-state index in [1.54, 1.807) is 0 Å². The molecule has 1 N–H and O–H groups in total. The van der Waals surface area contributed by atoms with Crippen molar-refractivity contribution in [1.29, 1.82) is 5.26 Å². The van der Waals surface area contributed by atoms with Gasteiger partial charge in [-0.1, -0.05) is 6.07 Å². The fourth-order valence-corrected chi connectivity index (χ4v) is 4.29. The van der Waals surface area contributed by atoms with Crippen LogP contribution < -0.4 is 9.62 Å². The van der Waals surface area contributed by atoms with Crippen LogP contribution in [0.5, 0.6) is 0 Å². The van der Waals surface area contributed by atoms with Gasteiger partial charge in [-0.05, 0) is 43.3 Å². The number of nitrogens with one attached hydrogen (secondary N) is 1. The lowest BCUT2D eigenvalue weighted by Gasteiger charge is -2.23. The Balaban J connectivity index is 2.05. The standard InChI is InChI=1S/C21H16F4N4O3S2/c1-12-18(19(30)28-34(2,31)32)27-20(33-12)29(16-7-3-13(10-26)4-8-16)11-14-5-6-15(9-17(14)22)21(23,24)25/h3-9H,11H2,1-2H3,(H,28,30). The fraction of sp³-hybridized carbons (Fsp3) is 0.190. The number of thiazole rings is 1. The molecule has 0 aliphatic heterocycles. The molecule has 0 saturated heterocycles. The molecule has 1 heterocycles. The number of nitriles is 1. The molecule has 1 amide bonds. The highest BCUT2D eigenvalue weighted by Crippen LogP contribution is 2.35. The second-order valence-electron chi connectivity index (χ2n) is 7.15. The molecule has 178 valence electrons. The first-order valence-electron chi connectivity index (χ1n) is 9.41. The van der Waals surface area contributed by atoms with Gasteiger partial charge in [0.25, 0.3) is 5.91 Å². The highest BCUT2D eigenvalue weighted by atomic mass is 32.2. The van der Waals surface area contributed by atoms with Crippen LogP contribution in [0.1, 0.15) is 32.1 Å². The molecule has 0 fully saturated rings. The van der Waals surface area contributed by atoms with Gasteiger partial charge < -0.3 is 4.90 Å². The number of rotatable bonds is 6. The third-order valence-electron chi connectivity index (χ3n) is 4.53. The lowest BCUT2D eigenvalue weighted by molar-refractivity contribution is -0.137. The molecule has 0 atom stereocenters. The lowest BCUT2D eigenvalue weighted by Crippen LogP contribution is -2.30. The number of alkyl halides is 3. The van der Waals surface area contributed by atoms with Gasteiger partial charge in [0.05, 0.1) is 30.0 Å². The van der Waals surface area contributed by atoms with Crippen LogP contribution in [0.25, 0.3) is 0 Å². The average Bonchev–Trinajstić information content (AvgIpc) is 3.12. The van der Waals surface area contributed by atoms with Crippen molar-refractivity contribution in [3.63, 3.8) is 0 Å². The van der Waals surface area contributed by atoms with E-state index in [1.807, 2.05) is 10.8 Å². The van der Waals surface area contributed by atoms with E-state index in [1.165, 1.54) is 36.1 Å². The summed E-state index contributed by atoms with van der Waals surface area (Å²) in [7, 11) is -3.85. The molecule has 0 aliphatic carbocycles. The molecule has 3 rings (SSSR count). The molecule has 2 aromatic carbocycles. The Morgan fingerprint density at radius 2 is 1.85 bits per heavy atom. The highest BCUT2D eigenvalue weighted by molar-refractivity contribution is 7.89. The van der Waals surface area contributed by atoms with Gasteiger partial charge in [0, 0.05) is 16.1 Å². The van der Waals surface area contributed by atoms with Crippen molar-refractivity contribution in [3.05, 3.63) is 75.5 Å². The Morgan fingerprint density at radius 3 is 2.38 bits per heavy atom. The van der Waals surface area contributed by atoms with Crippen molar-refractivity contribution in [3.8, 4) is 6.07 Å². The first-order valence-corrected chi connectivity index (χ1v) is 12.1. The smallest absolute Gasteiger partial charge is 0.313 e. The van der Waals surface area contributed by atoms with E-state index in [9.17, 15) is 30.8 Å². The summed E-state index contributed by atoms with van der Waals surface area (Å²) in [6.07, 6.45) is -3.90. The lowest BCUT2D eigenvalue weighted by atomic mass is 10.1. The maximum atomic E-state index is 14.6. The van der Waals surface area contributed by atoms with Crippen LogP contribution in [0.4, 0.5) is 28.4 Å². The molecular formula is C21H16F4N4O3S2. The fourth-order valence-electron chi connectivity index (χ4n) is 2.93. The minimum absolute atomic E-state index is 0.0765. The zero-order valence-electron chi connectivity index (χ0n) is 17.6. The van der Waals surface area contributed by atoms with E-state index in [0.717, 1.165) is 29.7 Å². The van der Waals surface area contributed by atoms with Gasteiger partial charge in [0.2, 0.25) is 10.0 Å². The molecule has 0 aliphatic rings. The molecular weight excluding hydrogens is 496 g/mol. The average molecular weight is 513 g/mol. The molecule has 13 heteroatoms. The summed E-state index contributed by atoms with van der Waals surface area (Å²) in [4.78, 5) is 18.3. The molecule has 0 saturated carbocycles. The summed E-state index contributed by atoms with van der Waals surface area (Å²) in [6.45, 7) is 1.28. The maximum absolute atomic E-state index is 14.6. The Bertz CT molecular complexity index is 1380. The van der Waals surface area contributed by atoms with Crippen LogP contribution in [0, 0.1) is 24.1 Å². The van der Waals surface area contributed by atoms with Crippen molar-refractivity contribution in [1.82, 2.24) is 9.71 Å². The number of amides is 1. The normalized spacial score (nSPS) is 11.7. The maximum Gasteiger partial charge on any atom is 0.416 e. The van der Waals surface area contributed by atoms with Crippen molar-refractivity contribution in [2.24, 2.45) is 0 Å². The van der Waals surface area contributed by atoms with Crippen LogP contribution in [-0.2, 0) is 22.7 Å². The molecule has 0 bridgehead atoms. The summed E-state index contributed by atoms with van der Waals surface area (Å²) in [6, 6.07) is 10.2. The monoisotopic (exact) mass is 512 g/mol. The van der Waals surface area contributed by atoms with E-state index in [-0.39, 0.29) is 22.9 Å². The van der Waals surface area contributed by atoms with Gasteiger partial charge in [-0.3, -0.25) is 4.79 Å². The number of halogens is 4. The van der Waals surface area contributed by atoms with Crippen molar-refractivity contribution >= 4 is 38.1 Å². The van der Waals surface area contributed by atoms with Crippen LogP contribution in [0.15, 0.2) is 42.5 Å². The number of benzene rings is 2. The SMILES string of the molecule is Cc1sc(N(Cc2ccc(C(F)(F)F)cc2F)c2ccc(C#N)cc2)nc1C(=O)NS(C)(=O)=O. The van der Waals surface area contributed by atoms with Crippen molar-refractivity contribution in [2.75, 3.05) is 11.2 Å². The van der Waals surface area contributed by atoms with E-state index >= 15 is 0 Å². The molecule has 0 unspecified atom stereocenters. The minimum atomic E-state index is -4.71. The van der Waals surface area contributed by atoms with Crippen LogP contribution in [0.3, 0.4) is 0 Å². The van der Waals surface area contributed by atoms with Gasteiger partial charge in [-0.15, -0.1) is 11.3 Å². The minimum Gasteiger partial charge on any atom is -0.313 e. The van der Waals surface area contributed by atoms with Gasteiger partial charge in [0.1, 0.15) is 11.5 Å². The van der Waals surface area contributed by atoms with Crippen LogP contribution >= 0.6 is 11.3 Å². The quantitative estimate of drug-likeness (QED) is 0.488. The van der Waals surface area contributed by atoms with E-state index in [2.05, 4.69) is 4.98 Å². The molecule has 1 aromatic heterocycles. The van der Waals surface area contributed by atoms with Crippen LogP contribution in [0.2, 0.25) is 0 Å². The van der Waals surface area contributed by atoms with Crippen LogP contribution in [-0.4, -0.2) is 25.6 Å². The molecule has 34 heavy (non-hydrogen) atoms. The first-order chi connectivity index (χ1) is 15.8. The Kier molecular flexibility index (Phi) is 6.94. The van der Waals surface area contributed by atoms with E-state index in [0.29, 0.717) is 22.2 Å². The Hall–Kier alpha value is -3.50. The van der Waals surface area contributed by atoms with Crippen molar-refractivity contribution in [2.45, 2.75) is 19.6 Å². The first kappa shape index (κ1) is 25.1. The van der Waals surface area contributed by atoms with Gasteiger partial charge in [-0.25, -0.2) is 22.5 Å². The third-order valence-corrected chi connectivity index (χ3v) is 6.08. The number of anilines is 2. The predicted octanol–water partition coefficient (Wildman–Crippen LogP) is 4.51. The molecule has 7 nitrogen and oxygen atoms in total. The number of carbonyl (C=O) groups excluding carboxylic acids is 1. The van der Waals surface area contributed by atoms with E-state index in [4.69, 9.17) is 5.26 Å². The number of sulfonamides is 1. The largest absolute Gasteiger partial charge is 0.416 e. The number of hydrogen-bond donors (Lipinski definition) is 1. The second kappa shape index (κ2) is 9.40. The molecule has 3 aromatic rings.